The number of hydrogen-bond acceptors (Lipinski definition) is 4. The standard InChI is InChI=1S/C12H11F3INO4/c1-20-11(19)9(16)6-17-10(18)7-2-4-8(5-3-7)21-12(13,14)15/h2-5,9H,6H2,1H3,(H,17,18). The molecule has 1 rings (SSSR count). The summed E-state index contributed by atoms with van der Waals surface area (Å²) in [6, 6.07) is 4.45. The second-order valence-corrected chi connectivity index (χ2v) is 5.28. The summed E-state index contributed by atoms with van der Waals surface area (Å²) < 4.78 is 43.5. The summed E-state index contributed by atoms with van der Waals surface area (Å²) in [4.78, 5) is 22.9. The number of carbonyl (C=O) groups is 2. The number of hydrogen-bond donors (Lipinski definition) is 1. The summed E-state index contributed by atoms with van der Waals surface area (Å²) >= 11 is 1.81. The van der Waals surface area contributed by atoms with Crippen molar-refractivity contribution in [2.75, 3.05) is 13.7 Å². The minimum atomic E-state index is -4.78. The summed E-state index contributed by atoms with van der Waals surface area (Å²) in [5.41, 5.74) is 0.151. The zero-order valence-electron chi connectivity index (χ0n) is 10.7. The molecule has 0 radical (unpaired) electrons. The quantitative estimate of drug-likeness (QED) is 0.454. The number of methoxy groups -OCH3 is 1. The van der Waals surface area contributed by atoms with Gasteiger partial charge < -0.3 is 14.8 Å². The summed E-state index contributed by atoms with van der Waals surface area (Å²) in [5, 5.41) is 2.47. The van der Waals surface area contributed by atoms with E-state index in [9.17, 15) is 22.8 Å². The molecule has 116 valence electrons. The molecule has 0 aliphatic rings. The van der Waals surface area contributed by atoms with Crippen LogP contribution in [0.15, 0.2) is 24.3 Å². The molecule has 1 aromatic rings. The predicted molar refractivity (Wildman–Crippen MR) is 75.3 cm³/mol. The van der Waals surface area contributed by atoms with Crippen LogP contribution in [-0.2, 0) is 9.53 Å². The first kappa shape index (κ1) is 17.5. The van der Waals surface area contributed by atoms with Crippen LogP contribution in [0.1, 0.15) is 10.4 Å². The third-order valence-corrected chi connectivity index (χ3v) is 3.20. The zero-order valence-corrected chi connectivity index (χ0v) is 12.9. The second kappa shape index (κ2) is 7.48. The van der Waals surface area contributed by atoms with Gasteiger partial charge >= 0.3 is 12.3 Å². The van der Waals surface area contributed by atoms with Gasteiger partial charge in [-0.05, 0) is 24.3 Å². The Hall–Kier alpha value is -1.52. The van der Waals surface area contributed by atoms with Crippen LogP contribution in [0.3, 0.4) is 0 Å². The molecule has 1 N–H and O–H groups in total. The van der Waals surface area contributed by atoms with Gasteiger partial charge in [0.15, 0.2) is 0 Å². The Bertz CT molecular complexity index is 504. The molecule has 0 bridgehead atoms. The van der Waals surface area contributed by atoms with Crippen LogP contribution in [0.4, 0.5) is 13.2 Å². The number of rotatable bonds is 5. The van der Waals surface area contributed by atoms with Gasteiger partial charge in [-0.3, -0.25) is 9.59 Å². The van der Waals surface area contributed by atoms with Crippen molar-refractivity contribution in [3.8, 4) is 5.75 Å². The average Bonchev–Trinajstić information content (AvgIpc) is 2.42. The minimum absolute atomic E-state index is 0.0485. The van der Waals surface area contributed by atoms with Gasteiger partial charge in [-0.1, -0.05) is 22.6 Å². The lowest BCUT2D eigenvalue weighted by molar-refractivity contribution is -0.274. The van der Waals surface area contributed by atoms with Crippen molar-refractivity contribution < 1.29 is 32.2 Å². The van der Waals surface area contributed by atoms with Crippen LogP contribution in [0.5, 0.6) is 5.75 Å². The van der Waals surface area contributed by atoms with E-state index in [0.29, 0.717) is 0 Å². The highest BCUT2D eigenvalue weighted by atomic mass is 127. The van der Waals surface area contributed by atoms with E-state index in [-0.39, 0.29) is 12.1 Å². The first-order valence-corrected chi connectivity index (χ1v) is 6.83. The molecule has 21 heavy (non-hydrogen) atoms. The van der Waals surface area contributed by atoms with Crippen LogP contribution in [0.25, 0.3) is 0 Å². The molecule has 1 aromatic carbocycles. The molecular weight excluding hydrogens is 406 g/mol. The summed E-state index contributed by atoms with van der Waals surface area (Å²) in [7, 11) is 1.23. The molecule has 5 nitrogen and oxygen atoms in total. The first-order chi connectivity index (χ1) is 9.73. The fraction of sp³-hybridized carbons (Fsp3) is 0.333. The number of ether oxygens (including phenoxy) is 2. The number of amides is 1. The molecule has 0 spiro atoms. The average molecular weight is 417 g/mol. The Morgan fingerprint density at radius 1 is 1.29 bits per heavy atom. The monoisotopic (exact) mass is 417 g/mol. The number of benzene rings is 1. The van der Waals surface area contributed by atoms with Crippen LogP contribution in [0, 0.1) is 0 Å². The molecule has 0 aliphatic carbocycles. The molecule has 0 fully saturated rings. The Morgan fingerprint density at radius 2 is 1.86 bits per heavy atom. The SMILES string of the molecule is COC(=O)C(I)CNC(=O)c1ccc(OC(F)(F)F)cc1. The molecule has 0 aromatic heterocycles. The van der Waals surface area contributed by atoms with E-state index < -0.39 is 27.9 Å². The van der Waals surface area contributed by atoms with E-state index in [1.807, 2.05) is 0 Å². The van der Waals surface area contributed by atoms with Crippen molar-refractivity contribution >= 4 is 34.5 Å². The Morgan fingerprint density at radius 3 is 2.33 bits per heavy atom. The minimum Gasteiger partial charge on any atom is -0.468 e. The summed E-state index contributed by atoms with van der Waals surface area (Å²) in [5.74, 6) is -1.41. The fourth-order valence-electron chi connectivity index (χ4n) is 1.30. The molecular formula is C12H11F3INO4. The molecule has 0 saturated heterocycles. The van der Waals surface area contributed by atoms with E-state index in [0.717, 1.165) is 12.1 Å². The van der Waals surface area contributed by atoms with Crippen LogP contribution in [-0.4, -0.2) is 35.8 Å². The lowest BCUT2D eigenvalue weighted by atomic mass is 10.2. The summed E-state index contributed by atoms with van der Waals surface area (Å²) in [6.45, 7) is 0.0485. The maximum absolute atomic E-state index is 12.0. The van der Waals surface area contributed by atoms with Crippen LogP contribution in [0.2, 0.25) is 0 Å². The Labute approximate surface area is 131 Å². The van der Waals surface area contributed by atoms with Crippen molar-refractivity contribution in [3.05, 3.63) is 29.8 Å². The zero-order chi connectivity index (χ0) is 16.0. The third-order valence-electron chi connectivity index (χ3n) is 2.25. The molecule has 0 aliphatic heterocycles. The van der Waals surface area contributed by atoms with E-state index in [4.69, 9.17) is 0 Å². The largest absolute Gasteiger partial charge is 0.573 e. The van der Waals surface area contributed by atoms with Crippen molar-refractivity contribution in [1.82, 2.24) is 5.32 Å². The molecule has 0 saturated carbocycles. The molecule has 1 amide bonds. The first-order valence-electron chi connectivity index (χ1n) is 5.59. The highest BCUT2D eigenvalue weighted by Gasteiger charge is 2.31. The van der Waals surface area contributed by atoms with Gasteiger partial charge in [0.1, 0.15) is 9.67 Å². The number of esters is 1. The smallest absolute Gasteiger partial charge is 0.468 e. The lowest BCUT2D eigenvalue weighted by Crippen LogP contribution is -2.33. The van der Waals surface area contributed by atoms with Crippen molar-refractivity contribution in [1.29, 1.82) is 0 Å². The van der Waals surface area contributed by atoms with E-state index in [1.54, 1.807) is 22.6 Å². The van der Waals surface area contributed by atoms with Gasteiger partial charge in [0.05, 0.1) is 7.11 Å². The second-order valence-electron chi connectivity index (χ2n) is 3.77. The van der Waals surface area contributed by atoms with Gasteiger partial charge in [-0.25, -0.2) is 0 Å². The topological polar surface area (TPSA) is 64.6 Å². The number of alkyl halides is 4. The molecule has 0 heterocycles. The highest BCUT2D eigenvalue weighted by molar-refractivity contribution is 14.1. The lowest BCUT2D eigenvalue weighted by Gasteiger charge is -2.11. The normalized spacial score (nSPS) is 12.4. The van der Waals surface area contributed by atoms with Crippen LogP contribution >= 0.6 is 22.6 Å². The number of halogens is 4. The van der Waals surface area contributed by atoms with Crippen molar-refractivity contribution in [3.63, 3.8) is 0 Å². The maximum atomic E-state index is 12.0. The number of carbonyl (C=O) groups excluding carboxylic acids is 2. The van der Waals surface area contributed by atoms with Crippen LogP contribution < -0.4 is 10.1 Å². The fourth-order valence-corrected chi connectivity index (χ4v) is 1.78. The van der Waals surface area contributed by atoms with Gasteiger partial charge in [0.2, 0.25) is 0 Å². The van der Waals surface area contributed by atoms with Gasteiger partial charge in [0, 0.05) is 12.1 Å². The Kier molecular flexibility index (Phi) is 6.24. The van der Waals surface area contributed by atoms with E-state index >= 15 is 0 Å². The van der Waals surface area contributed by atoms with Gasteiger partial charge in [-0.15, -0.1) is 13.2 Å². The summed E-state index contributed by atoms with van der Waals surface area (Å²) in [6.07, 6.45) is -4.78. The van der Waals surface area contributed by atoms with Crippen molar-refractivity contribution in [2.45, 2.75) is 10.3 Å². The number of nitrogens with one attached hydrogen (secondary N) is 1. The van der Waals surface area contributed by atoms with Gasteiger partial charge in [0.25, 0.3) is 5.91 Å². The Balaban J connectivity index is 2.57. The molecule has 9 heteroatoms. The third kappa shape index (κ3) is 6.19. The van der Waals surface area contributed by atoms with E-state index in [2.05, 4.69) is 14.8 Å². The molecule has 1 atom stereocenters. The molecule has 1 unspecified atom stereocenters. The van der Waals surface area contributed by atoms with Crippen molar-refractivity contribution in [2.24, 2.45) is 0 Å². The maximum Gasteiger partial charge on any atom is 0.573 e. The van der Waals surface area contributed by atoms with Gasteiger partial charge in [-0.2, -0.15) is 0 Å². The van der Waals surface area contributed by atoms with E-state index in [1.165, 1.54) is 19.2 Å². The highest BCUT2D eigenvalue weighted by Crippen LogP contribution is 2.22. The predicted octanol–water partition coefficient (Wildman–Crippen LogP) is 2.29.